The zero-order chi connectivity index (χ0) is 20.7. The zero-order valence-corrected chi connectivity index (χ0v) is 19.3. The van der Waals surface area contributed by atoms with E-state index in [0.29, 0.717) is 6.54 Å². The Kier molecular flexibility index (Phi) is 5.57. The average Bonchev–Trinajstić information content (AvgIpc) is 2.61. The maximum atomic E-state index is 12.3. The molecule has 150 valence electrons. The molecule has 28 heavy (non-hydrogen) atoms. The van der Waals surface area contributed by atoms with Crippen LogP contribution in [-0.4, -0.2) is 20.8 Å². The van der Waals surface area contributed by atoms with Crippen LogP contribution in [-0.2, 0) is 22.2 Å². The molecule has 2 aromatic carbocycles. The van der Waals surface area contributed by atoms with Crippen LogP contribution in [0.2, 0.25) is 18.1 Å². The number of nitrogens with zero attached hydrogens (tertiary/aromatic N) is 1. The van der Waals surface area contributed by atoms with Crippen molar-refractivity contribution in [1.29, 1.82) is 0 Å². The molecule has 0 aromatic heterocycles. The Hall–Kier alpha value is -1.91. The standard InChI is InChI=1S/C24H33NO2Si/c1-17-19(14-15-27-28(6,7)24(3,4)5)12-13-20-21-10-8-9-11-23(21)25(18(2)26)16-22(17)20/h8-13H,14-16H2,1-7H3. The van der Waals surface area contributed by atoms with Gasteiger partial charge in [0.1, 0.15) is 0 Å². The van der Waals surface area contributed by atoms with Gasteiger partial charge in [0.15, 0.2) is 8.32 Å². The Bertz CT molecular complexity index is 896. The lowest BCUT2D eigenvalue weighted by Crippen LogP contribution is -2.41. The van der Waals surface area contributed by atoms with Crippen molar-refractivity contribution in [3.8, 4) is 11.1 Å². The average molecular weight is 396 g/mol. The molecule has 3 nitrogen and oxygen atoms in total. The van der Waals surface area contributed by atoms with E-state index in [1.54, 1.807) is 6.92 Å². The van der Waals surface area contributed by atoms with Crippen molar-refractivity contribution in [3.63, 3.8) is 0 Å². The molecule has 0 N–H and O–H groups in total. The van der Waals surface area contributed by atoms with Crippen LogP contribution in [0.25, 0.3) is 11.1 Å². The molecule has 0 bridgehead atoms. The molecule has 1 aliphatic rings. The highest BCUT2D eigenvalue weighted by Gasteiger charge is 2.37. The normalized spacial score (nSPS) is 13.9. The number of carbonyl (C=O) groups excluding carboxylic acids is 1. The summed E-state index contributed by atoms with van der Waals surface area (Å²) in [5.74, 6) is 0.0872. The molecule has 4 heteroatoms. The van der Waals surface area contributed by atoms with E-state index in [9.17, 15) is 4.79 Å². The number of amides is 1. The number of para-hydroxylation sites is 1. The molecule has 0 saturated carbocycles. The van der Waals surface area contributed by atoms with Gasteiger partial charge in [-0.3, -0.25) is 4.79 Å². The third kappa shape index (κ3) is 3.81. The molecule has 1 aliphatic heterocycles. The van der Waals surface area contributed by atoms with E-state index in [1.165, 1.54) is 22.3 Å². The molecule has 3 rings (SSSR count). The molecule has 0 fully saturated rings. The first-order valence-corrected chi connectivity index (χ1v) is 13.1. The number of benzene rings is 2. The molecule has 1 amide bonds. The van der Waals surface area contributed by atoms with Gasteiger partial charge in [0.2, 0.25) is 5.91 Å². The fourth-order valence-corrected chi connectivity index (χ4v) is 4.67. The van der Waals surface area contributed by atoms with E-state index in [-0.39, 0.29) is 10.9 Å². The fraction of sp³-hybridized carbons (Fsp3) is 0.458. The minimum absolute atomic E-state index is 0.0872. The van der Waals surface area contributed by atoms with Crippen molar-refractivity contribution in [2.45, 2.75) is 65.7 Å². The van der Waals surface area contributed by atoms with Gasteiger partial charge in [-0.2, -0.15) is 0 Å². The summed E-state index contributed by atoms with van der Waals surface area (Å²) < 4.78 is 6.39. The van der Waals surface area contributed by atoms with Gasteiger partial charge >= 0.3 is 0 Å². The van der Waals surface area contributed by atoms with Crippen LogP contribution < -0.4 is 4.90 Å². The van der Waals surface area contributed by atoms with Crippen LogP contribution in [0.5, 0.6) is 0 Å². The smallest absolute Gasteiger partial charge is 0.224 e. The highest BCUT2D eigenvalue weighted by atomic mass is 28.4. The summed E-state index contributed by atoms with van der Waals surface area (Å²) in [7, 11) is -1.73. The van der Waals surface area contributed by atoms with Crippen molar-refractivity contribution >= 4 is 19.9 Å². The Morgan fingerprint density at radius 1 is 1.11 bits per heavy atom. The van der Waals surface area contributed by atoms with E-state index >= 15 is 0 Å². The van der Waals surface area contributed by atoms with Gasteiger partial charge in [-0.25, -0.2) is 0 Å². The summed E-state index contributed by atoms with van der Waals surface area (Å²) in [5.41, 5.74) is 7.28. The van der Waals surface area contributed by atoms with Crippen LogP contribution in [0.15, 0.2) is 36.4 Å². The molecule has 0 atom stereocenters. The van der Waals surface area contributed by atoms with Gasteiger partial charge in [-0.15, -0.1) is 0 Å². The van der Waals surface area contributed by atoms with Crippen LogP contribution in [0.1, 0.15) is 44.4 Å². The predicted molar refractivity (Wildman–Crippen MR) is 120 cm³/mol. The second-order valence-electron chi connectivity index (χ2n) is 9.36. The Morgan fingerprint density at radius 2 is 1.79 bits per heavy atom. The van der Waals surface area contributed by atoms with Crippen molar-refractivity contribution in [2.75, 3.05) is 11.5 Å². The van der Waals surface area contributed by atoms with E-state index in [2.05, 4.69) is 59.0 Å². The van der Waals surface area contributed by atoms with Gasteiger partial charge in [0.25, 0.3) is 0 Å². The van der Waals surface area contributed by atoms with Crippen molar-refractivity contribution in [3.05, 3.63) is 53.1 Å². The number of hydrogen-bond donors (Lipinski definition) is 0. The molecular weight excluding hydrogens is 362 g/mol. The monoisotopic (exact) mass is 395 g/mol. The fourth-order valence-electron chi connectivity index (χ4n) is 3.63. The third-order valence-electron chi connectivity index (χ3n) is 6.53. The van der Waals surface area contributed by atoms with Crippen molar-refractivity contribution in [1.82, 2.24) is 0 Å². The number of carbonyl (C=O) groups is 1. The number of rotatable bonds is 4. The summed E-state index contributed by atoms with van der Waals surface area (Å²) in [4.78, 5) is 14.1. The largest absolute Gasteiger partial charge is 0.416 e. The summed E-state index contributed by atoms with van der Waals surface area (Å²) in [6, 6.07) is 12.7. The lowest BCUT2D eigenvalue weighted by molar-refractivity contribution is -0.116. The maximum absolute atomic E-state index is 12.3. The summed E-state index contributed by atoms with van der Waals surface area (Å²) in [5, 5.41) is 0.226. The molecule has 0 unspecified atom stereocenters. The second kappa shape index (κ2) is 7.49. The van der Waals surface area contributed by atoms with Gasteiger partial charge in [-0.05, 0) is 59.8 Å². The van der Waals surface area contributed by atoms with Gasteiger partial charge in [0, 0.05) is 19.1 Å². The van der Waals surface area contributed by atoms with Crippen LogP contribution in [0.4, 0.5) is 5.69 Å². The van der Waals surface area contributed by atoms with Gasteiger partial charge < -0.3 is 9.33 Å². The Morgan fingerprint density at radius 3 is 2.43 bits per heavy atom. The first kappa shape index (κ1) is 20.8. The summed E-state index contributed by atoms with van der Waals surface area (Å²) in [6.45, 7) is 16.7. The minimum Gasteiger partial charge on any atom is -0.416 e. The highest BCUT2D eigenvalue weighted by molar-refractivity contribution is 6.74. The zero-order valence-electron chi connectivity index (χ0n) is 18.3. The SMILES string of the molecule is CC(=O)N1Cc2c(ccc(CCO[Si](C)(C)C(C)(C)C)c2C)-c2ccccc21. The number of fused-ring (bicyclic) bond motifs is 3. The van der Waals surface area contributed by atoms with Gasteiger partial charge in [-0.1, -0.05) is 51.1 Å². The Labute approximate surface area is 170 Å². The minimum atomic E-state index is -1.73. The van der Waals surface area contributed by atoms with Crippen molar-refractivity contribution < 1.29 is 9.22 Å². The van der Waals surface area contributed by atoms with E-state index < -0.39 is 8.32 Å². The van der Waals surface area contributed by atoms with E-state index in [4.69, 9.17) is 4.43 Å². The lowest BCUT2D eigenvalue weighted by Gasteiger charge is -2.36. The van der Waals surface area contributed by atoms with E-state index in [0.717, 1.165) is 24.3 Å². The number of anilines is 1. The molecule has 0 radical (unpaired) electrons. The van der Waals surface area contributed by atoms with Gasteiger partial charge in [0.05, 0.1) is 12.2 Å². The van der Waals surface area contributed by atoms with Crippen LogP contribution >= 0.6 is 0 Å². The van der Waals surface area contributed by atoms with Crippen LogP contribution in [0.3, 0.4) is 0 Å². The first-order chi connectivity index (χ1) is 13.0. The summed E-state index contributed by atoms with van der Waals surface area (Å²) in [6.07, 6.45) is 0.910. The molecule has 2 aromatic rings. The lowest BCUT2D eigenvalue weighted by atomic mass is 9.87. The predicted octanol–water partition coefficient (Wildman–Crippen LogP) is 6.09. The molecule has 1 heterocycles. The quantitative estimate of drug-likeness (QED) is 0.586. The topological polar surface area (TPSA) is 29.5 Å². The molecule has 0 saturated heterocycles. The Balaban J connectivity index is 1.88. The van der Waals surface area contributed by atoms with E-state index in [1.807, 2.05) is 23.1 Å². The van der Waals surface area contributed by atoms with Crippen molar-refractivity contribution in [2.24, 2.45) is 0 Å². The first-order valence-electron chi connectivity index (χ1n) is 10.2. The summed E-state index contributed by atoms with van der Waals surface area (Å²) >= 11 is 0. The molecule has 0 aliphatic carbocycles. The maximum Gasteiger partial charge on any atom is 0.224 e. The third-order valence-corrected chi connectivity index (χ3v) is 11.1. The number of hydrogen-bond acceptors (Lipinski definition) is 2. The van der Waals surface area contributed by atoms with Crippen LogP contribution in [0, 0.1) is 6.92 Å². The second-order valence-corrected chi connectivity index (χ2v) is 14.2. The highest BCUT2D eigenvalue weighted by Crippen LogP contribution is 2.41. The molecule has 0 spiro atoms. The molecular formula is C24H33NO2Si.